The van der Waals surface area contributed by atoms with Crippen molar-refractivity contribution in [3.63, 3.8) is 0 Å². The van der Waals surface area contributed by atoms with Crippen LogP contribution in [-0.2, 0) is 0 Å². The molecule has 0 aromatic heterocycles. The average Bonchev–Trinajstić information content (AvgIpc) is 2.37. The zero-order chi connectivity index (χ0) is 13.3. The normalized spacial score (nSPS) is 8.65. The van der Waals surface area contributed by atoms with Crippen LogP contribution in [0.3, 0.4) is 0 Å². The summed E-state index contributed by atoms with van der Waals surface area (Å²) in [5.41, 5.74) is 3.00. The Kier molecular flexibility index (Phi) is 7.53. The van der Waals surface area contributed by atoms with Crippen molar-refractivity contribution in [1.82, 2.24) is 0 Å². The number of ether oxygens (including phenoxy) is 1. The van der Waals surface area contributed by atoms with Crippen LogP contribution in [0, 0.1) is 0 Å². The Balaban J connectivity index is 0.000000770. The Morgan fingerprint density at radius 2 is 1.53 bits per heavy atom. The molecule has 0 amide bonds. The van der Waals surface area contributed by atoms with Crippen molar-refractivity contribution in [2.24, 2.45) is 0 Å². The fourth-order valence-corrected chi connectivity index (χ4v) is 1.43. The lowest BCUT2D eigenvalue weighted by Gasteiger charge is -2.10. The van der Waals surface area contributed by atoms with Gasteiger partial charge in [0.1, 0.15) is 5.75 Å². The summed E-state index contributed by atoms with van der Waals surface area (Å²) in [7, 11) is 1.64. The van der Waals surface area contributed by atoms with E-state index < -0.39 is 0 Å². The maximum atomic E-state index is 5.22. The second-order valence-electron chi connectivity index (χ2n) is 3.50. The lowest BCUT2D eigenvalue weighted by Crippen LogP contribution is -1.92. The first kappa shape index (κ1) is 15.2. The van der Waals surface area contributed by atoms with E-state index >= 15 is 0 Å². The highest BCUT2D eigenvalue weighted by molar-refractivity contribution is 5.76. The van der Waals surface area contributed by atoms with Crippen LogP contribution in [0.25, 0.3) is 18.2 Å². The van der Waals surface area contributed by atoms with Crippen molar-refractivity contribution in [2.75, 3.05) is 7.11 Å². The summed E-state index contributed by atoms with van der Waals surface area (Å²) < 4.78 is 5.22. The molecule has 1 nitrogen and oxygen atoms in total. The van der Waals surface area contributed by atoms with E-state index in [2.05, 4.69) is 33.6 Å². The van der Waals surface area contributed by atoms with Gasteiger partial charge in [0.15, 0.2) is 0 Å². The molecule has 0 saturated heterocycles. The van der Waals surface area contributed by atoms with Crippen molar-refractivity contribution in [3.8, 4) is 5.75 Å². The highest BCUT2D eigenvalue weighted by Crippen LogP contribution is 2.28. The van der Waals surface area contributed by atoms with E-state index in [1.54, 1.807) is 25.3 Å². The molecule has 0 unspecified atom stereocenters. The van der Waals surface area contributed by atoms with Gasteiger partial charge < -0.3 is 4.74 Å². The molecule has 0 N–H and O–H groups in total. The molecule has 1 rings (SSSR count). The molecule has 1 aromatic rings. The molecule has 0 heterocycles. The monoisotopic (exact) mass is 230 g/mol. The summed E-state index contributed by atoms with van der Waals surface area (Å²) in [6, 6.07) is 3.86. The number of methoxy groups -OCH3 is 1. The summed E-state index contributed by atoms with van der Waals surface area (Å²) in [6.07, 6.45) is 6.60. The summed E-state index contributed by atoms with van der Waals surface area (Å²) in [5.74, 6) is 0.806. The smallest absolute Gasteiger partial charge is 0.126 e. The predicted molar refractivity (Wildman–Crippen MR) is 79.2 cm³/mol. The highest BCUT2D eigenvalue weighted by atomic mass is 16.5. The Labute approximate surface area is 105 Å². The second kappa shape index (κ2) is 8.40. The zero-order valence-electron chi connectivity index (χ0n) is 11.1. The molecule has 0 aliphatic heterocycles. The summed E-state index contributed by atoms with van der Waals surface area (Å²) in [5, 5.41) is 0. The van der Waals surface area contributed by atoms with Gasteiger partial charge in [0.25, 0.3) is 0 Å². The van der Waals surface area contributed by atoms with Crippen LogP contribution < -0.4 is 4.74 Å². The van der Waals surface area contributed by atoms with Gasteiger partial charge in [-0.25, -0.2) is 0 Å². The van der Waals surface area contributed by atoms with E-state index in [0.29, 0.717) is 0 Å². The van der Waals surface area contributed by atoms with Crippen molar-refractivity contribution < 1.29 is 4.74 Å². The van der Waals surface area contributed by atoms with E-state index in [0.717, 1.165) is 22.4 Å². The van der Waals surface area contributed by atoms with Gasteiger partial charge in [-0.1, -0.05) is 64.3 Å². The van der Waals surface area contributed by atoms with Crippen LogP contribution in [0.4, 0.5) is 0 Å². The topological polar surface area (TPSA) is 9.23 Å². The lowest BCUT2D eigenvalue weighted by atomic mass is 10.00. The van der Waals surface area contributed by atoms with Gasteiger partial charge in [0.05, 0.1) is 7.11 Å². The van der Waals surface area contributed by atoms with Crippen LogP contribution in [0.1, 0.15) is 37.0 Å². The first-order chi connectivity index (χ1) is 8.19. The first-order valence-electron chi connectivity index (χ1n) is 5.78. The van der Waals surface area contributed by atoms with E-state index in [1.807, 2.05) is 12.1 Å². The van der Waals surface area contributed by atoms with Gasteiger partial charge in [0.2, 0.25) is 0 Å². The van der Waals surface area contributed by atoms with Crippen LogP contribution in [0.2, 0.25) is 0 Å². The number of benzene rings is 1. The Morgan fingerprint density at radius 1 is 1.00 bits per heavy atom. The zero-order valence-corrected chi connectivity index (χ0v) is 11.1. The van der Waals surface area contributed by atoms with Gasteiger partial charge in [-0.05, 0) is 17.2 Å². The fourth-order valence-electron chi connectivity index (χ4n) is 1.43. The Morgan fingerprint density at radius 3 is 1.88 bits per heavy atom. The molecule has 0 aliphatic rings. The number of rotatable bonds is 4. The maximum absolute atomic E-state index is 5.22. The molecular weight excluding hydrogens is 208 g/mol. The standard InChI is InChI=1S/C13H14O.C3H8/c1-5-10-8-9-13(14-4)12(7-3)11(10)6-2;1-3-2/h5-9H,1-3H2,4H3;3H2,1-2H3. The summed E-state index contributed by atoms with van der Waals surface area (Å²) in [4.78, 5) is 0. The molecule has 0 saturated carbocycles. The third kappa shape index (κ3) is 3.95. The Bertz CT molecular complexity index is 389. The van der Waals surface area contributed by atoms with Crippen molar-refractivity contribution in [3.05, 3.63) is 48.6 Å². The SMILES string of the molecule is C=Cc1ccc(OC)c(C=C)c1C=C.CCC. The summed E-state index contributed by atoms with van der Waals surface area (Å²) in [6.45, 7) is 15.5. The van der Waals surface area contributed by atoms with Crippen LogP contribution >= 0.6 is 0 Å². The molecule has 1 aromatic carbocycles. The Hall–Kier alpha value is -1.76. The van der Waals surface area contributed by atoms with Crippen molar-refractivity contribution in [1.29, 1.82) is 0 Å². The van der Waals surface area contributed by atoms with Crippen molar-refractivity contribution in [2.45, 2.75) is 20.3 Å². The number of hydrogen-bond acceptors (Lipinski definition) is 1. The molecule has 17 heavy (non-hydrogen) atoms. The molecule has 0 bridgehead atoms. The molecule has 0 aliphatic carbocycles. The van der Waals surface area contributed by atoms with Gasteiger partial charge >= 0.3 is 0 Å². The lowest BCUT2D eigenvalue weighted by molar-refractivity contribution is 0.413. The van der Waals surface area contributed by atoms with Crippen molar-refractivity contribution >= 4 is 18.2 Å². The molecule has 92 valence electrons. The van der Waals surface area contributed by atoms with Gasteiger partial charge in [-0.3, -0.25) is 0 Å². The average molecular weight is 230 g/mol. The third-order valence-electron chi connectivity index (χ3n) is 2.13. The molecule has 0 radical (unpaired) electrons. The van der Waals surface area contributed by atoms with E-state index in [9.17, 15) is 0 Å². The van der Waals surface area contributed by atoms with Crippen LogP contribution in [0.5, 0.6) is 5.75 Å². The van der Waals surface area contributed by atoms with Gasteiger partial charge in [-0.15, -0.1) is 0 Å². The summed E-state index contributed by atoms with van der Waals surface area (Å²) >= 11 is 0. The molecule has 0 atom stereocenters. The molecule has 0 spiro atoms. The minimum Gasteiger partial charge on any atom is -0.496 e. The van der Waals surface area contributed by atoms with E-state index in [4.69, 9.17) is 4.74 Å². The van der Waals surface area contributed by atoms with Crippen LogP contribution in [-0.4, -0.2) is 7.11 Å². The number of hydrogen-bond donors (Lipinski definition) is 0. The van der Waals surface area contributed by atoms with E-state index in [1.165, 1.54) is 6.42 Å². The van der Waals surface area contributed by atoms with Gasteiger partial charge in [0, 0.05) is 5.56 Å². The quantitative estimate of drug-likeness (QED) is 0.704. The minimum absolute atomic E-state index is 0.806. The second-order valence-corrected chi connectivity index (χ2v) is 3.50. The highest BCUT2D eigenvalue weighted by Gasteiger charge is 2.06. The largest absolute Gasteiger partial charge is 0.496 e. The fraction of sp³-hybridized carbons (Fsp3) is 0.250. The van der Waals surface area contributed by atoms with Gasteiger partial charge in [-0.2, -0.15) is 0 Å². The van der Waals surface area contributed by atoms with Crippen LogP contribution in [0.15, 0.2) is 31.9 Å². The van der Waals surface area contributed by atoms with E-state index in [-0.39, 0.29) is 0 Å². The maximum Gasteiger partial charge on any atom is 0.126 e. The minimum atomic E-state index is 0.806. The third-order valence-corrected chi connectivity index (χ3v) is 2.13. The first-order valence-corrected chi connectivity index (χ1v) is 5.78. The predicted octanol–water partition coefficient (Wildman–Crippen LogP) is 5.04. The molecule has 1 heteroatoms. The molecule has 0 fully saturated rings. The molecular formula is C16H22O.